The van der Waals surface area contributed by atoms with E-state index in [0.717, 1.165) is 36.4 Å². The maximum atomic E-state index is 5.83. The van der Waals surface area contributed by atoms with Crippen molar-refractivity contribution in [3.05, 3.63) is 12.4 Å². The van der Waals surface area contributed by atoms with Crippen molar-refractivity contribution < 1.29 is 4.63 Å². The SMILES string of the molecule is CCn1c(-c2nonc2N)nc2cncc(N3CCCC3)c21. The van der Waals surface area contributed by atoms with Gasteiger partial charge in [0, 0.05) is 19.6 Å². The number of imidazole rings is 1. The summed E-state index contributed by atoms with van der Waals surface area (Å²) in [6.45, 7) is 4.93. The van der Waals surface area contributed by atoms with Gasteiger partial charge in [-0.05, 0) is 30.1 Å². The Morgan fingerprint density at radius 1 is 1.23 bits per heavy atom. The van der Waals surface area contributed by atoms with E-state index in [1.807, 2.05) is 6.20 Å². The third-order valence-electron chi connectivity index (χ3n) is 4.12. The third kappa shape index (κ3) is 1.83. The summed E-state index contributed by atoms with van der Waals surface area (Å²) in [5.41, 5.74) is 9.33. The van der Waals surface area contributed by atoms with Gasteiger partial charge in [-0.1, -0.05) is 0 Å². The van der Waals surface area contributed by atoms with Crippen LogP contribution in [0.2, 0.25) is 0 Å². The Kier molecular flexibility index (Phi) is 2.95. The molecule has 0 saturated carbocycles. The van der Waals surface area contributed by atoms with Gasteiger partial charge in [-0.25, -0.2) is 9.61 Å². The van der Waals surface area contributed by atoms with Crippen molar-refractivity contribution in [2.75, 3.05) is 23.7 Å². The van der Waals surface area contributed by atoms with E-state index < -0.39 is 0 Å². The molecule has 4 heterocycles. The van der Waals surface area contributed by atoms with Crippen LogP contribution in [0.5, 0.6) is 0 Å². The molecule has 3 aromatic rings. The number of hydrogen-bond donors (Lipinski definition) is 1. The van der Waals surface area contributed by atoms with E-state index in [-0.39, 0.29) is 5.82 Å². The Balaban J connectivity index is 1.97. The Labute approximate surface area is 126 Å². The van der Waals surface area contributed by atoms with E-state index in [1.165, 1.54) is 12.8 Å². The van der Waals surface area contributed by atoms with E-state index in [2.05, 4.69) is 36.7 Å². The summed E-state index contributed by atoms with van der Waals surface area (Å²) in [5.74, 6) is 0.922. The van der Waals surface area contributed by atoms with E-state index in [4.69, 9.17) is 10.4 Å². The van der Waals surface area contributed by atoms with Crippen molar-refractivity contribution >= 4 is 22.5 Å². The van der Waals surface area contributed by atoms with Crippen LogP contribution in [0.25, 0.3) is 22.6 Å². The molecule has 0 aliphatic carbocycles. The molecule has 0 spiro atoms. The van der Waals surface area contributed by atoms with Gasteiger partial charge in [-0.3, -0.25) is 4.98 Å². The molecular formula is C14H17N7O. The first-order chi connectivity index (χ1) is 10.8. The molecule has 1 saturated heterocycles. The van der Waals surface area contributed by atoms with E-state index in [1.54, 1.807) is 6.20 Å². The van der Waals surface area contributed by atoms with Gasteiger partial charge in [0.1, 0.15) is 5.52 Å². The van der Waals surface area contributed by atoms with Gasteiger partial charge in [0.25, 0.3) is 0 Å². The van der Waals surface area contributed by atoms with Crippen LogP contribution in [0.1, 0.15) is 19.8 Å². The fraction of sp³-hybridized carbons (Fsp3) is 0.429. The second kappa shape index (κ2) is 4.97. The van der Waals surface area contributed by atoms with E-state index in [0.29, 0.717) is 11.5 Å². The summed E-state index contributed by atoms with van der Waals surface area (Å²) in [4.78, 5) is 11.4. The fourth-order valence-corrected chi connectivity index (χ4v) is 3.10. The molecule has 1 fully saturated rings. The van der Waals surface area contributed by atoms with Crippen molar-refractivity contribution in [1.82, 2.24) is 24.8 Å². The molecule has 0 aromatic carbocycles. The maximum Gasteiger partial charge on any atom is 0.199 e. The maximum absolute atomic E-state index is 5.83. The average Bonchev–Trinajstić information content (AvgIpc) is 3.25. The molecule has 1 aliphatic rings. The van der Waals surface area contributed by atoms with Gasteiger partial charge < -0.3 is 15.2 Å². The van der Waals surface area contributed by atoms with Crippen LogP contribution in [-0.2, 0) is 6.54 Å². The topological polar surface area (TPSA) is 98.9 Å². The number of nitrogens with two attached hydrogens (primary N) is 1. The number of anilines is 2. The number of nitrogen functional groups attached to an aromatic ring is 1. The summed E-state index contributed by atoms with van der Waals surface area (Å²) in [6.07, 6.45) is 6.11. The molecule has 8 heteroatoms. The summed E-state index contributed by atoms with van der Waals surface area (Å²) in [5, 5.41) is 7.54. The minimum absolute atomic E-state index is 0.251. The van der Waals surface area contributed by atoms with Crippen molar-refractivity contribution in [2.24, 2.45) is 0 Å². The highest BCUT2D eigenvalue weighted by molar-refractivity contribution is 5.91. The Bertz CT molecular complexity index is 816. The lowest BCUT2D eigenvalue weighted by atomic mass is 10.3. The molecule has 0 radical (unpaired) electrons. The number of nitrogens with zero attached hydrogens (tertiary/aromatic N) is 6. The Hall–Kier alpha value is -2.64. The van der Waals surface area contributed by atoms with Gasteiger partial charge in [0.05, 0.1) is 23.6 Å². The predicted molar refractivity (Wildman–Crippen MR) is 82.4 cm³/mol. The summed E-state index contributed by atoms with van der Waals surface area (Å²) >= 11 is 0. The van der Waals surface area contributed by atoms with Crippen molar-refractivity contribution in [1.29, 1.82) is 0 Å². The highest BCUT2D eigenvalue weighted by atomic mass is 16.6. The number of pyridine rings is 1. The van der Waals surface area contributed by atoms with Crippen LogP contribution in [0, 0.1) is 0 Å². The lowest BCUT2D eigenvalue weighted by Crippen LogP contribution is -2.19. The quantitative estimate of drug-likeness (QED) is 0.785. The second-order valence-corrected chi connectivity index (χ2v) is 5.40. The standard InChI is InChI=1S/C14H17N7O/c1-2-21-12-9(17-14(21)11-13(15)19-22-18-11)7-16-8-10(12)20-5-3-4-6-20/h7-8H,2-6H2,1H3,(H2,15,19). The Morgan fingerprint density at radius 3 is 2.73 bits per heavy atom. The number of rotatable bonds is 3. The van der Waals surface area contributed by atoms with Crippen molar-refractivity contribution in [3.63, 3.8) is 0 Å². The van der Waals surface area contributed by atoms with Crippen LogP contribution in [0.3, 0.4) is 0 Å². The highest BCUT2D eigenvalue weighted by Crippen LogP contribution is 2.33. The molecular weight excluding hydrogens is 282 g/mol. The molecule has 1 aliphatic heterocycles. The van der Waals surface area contributed by atoms with Gasteiger partial charge in [0.15, 0.2) is 17.3 Å². The molecule has 114 valence electrons. The summed E-state index contributed by atoms with van der Waals surface area (Å²) < 4.78 is 6.82. The zero-order valence-electron chi connectivity index (χ0n) is 12.4. The number of fused-ring (bicyclic) bond motifs is 1. The first-order valence-electron chi connectivity index (χ1n) is 7.47. The van der Waals surface area contributed by atoms with Crippen LogP contribution in [0.4, 0.5) is 11.5 Å². The molecule has 0 bridgehead atoms. The lowest BCUT2D eigenvalue weighted by molar-refractivity contribution is 0.310. The largest absolute Gasteiger partial charge is 0.379 e. The lowest BCUT2D eigenvalue weighted by Gasteiger charge is -2.19. The van der Waals surface area contributed by atoms with Gasteiger partial charge in [-0.2, -0.15) is 0 Å². The van der Waals surface area contributed by atoms with Gasteiger partial charge in [-0.15, -0.1) is 0 Å². The highest BCUT2D eigenvalue weighted by Gasteiger charge is 2.23. The molecule has 22 heavy (non-hydrogen) atoms. The van der Waals surface area contributed by atoms with Crippen molar-refractivity contribution in [3.8, 4) is 11.5 Å². The fourth-order valence-electron chi connectivity index (χ4n) is 3.10. The third-order valence-corrected chi connectivity index (χ3v) is 4.12. The normalized spacial score (nSPS) is 15.0. The van der Waals surface area contributed by atoms with Gasteiger partial charge >= 0.3 is 0 Å². The summed E-state index contributed by atoms with van der Waals surface area (Å²) in [6, 6.07) is 0. The summed E-state index contributed by atoms with van der Waals surface area (Å²) in [7, 11) is 0. The molecule has 0 unspecified atom stereocenters. The van der Waals surface area contributed by atoms with Crippen LogP contribution in [-0.4, -0.2) is 37.9 Å². The van der Waals surface area contributed by atoms with Gasteiger partial charge in [0.2, 0.25) is 0 Å². The van der Waals surface area contributed by atoms with Crippen LogP contribution < -0.4 is 10.6 Å². The van der Waals surface area contributed by atoms with Crippen LogP contribution in [0.15, 0.2) is 17.0 Å². The molecule has 0 amide bonds. The number of hydrogen-bond acceptors (Lipinski definition) is 7. The zero-order chi connectivity index (χ0) is 15.1. The monoisotopic (exact) mass is 299 g/mol. The first-order valence-corrected chi connectivity index (χ1v) is 7.47. The zero-order valence-corrected chi connectivity index (χ0v) is 12.4. The smallest absolute Gasteiger partial charge is 0.199 e. The Morgan fingerprint density at radius 2 is 2.05 bits per heavy atom. The second-order valence-electron chi connectivity index (χ2n) is 5.40. The van der Waals surface area contributed by atoms with E-state index >= 15 is 0 Å². The molecule has 0 atom stereocenters. The van der Waals surface area contributed by atoms with E-state index in [9.17, 15) is 0 Å². The molecule has 2 N–H and O–H groups in total. The predicted octanol–water partition coefficient (Wildman–Crippen LogP) is 1.68. The first kappa shape index (κ1) is 13.1. The average molecular weight is 299 g/mol. The molecule has 4 rings (SSSR count). The number of aryl methyl sites for hydroxylation is 1. The molecule has 3 aromatic heterocycles. The molecule has 8 nitrogen and oxygen atoms in total. The van der Waals surface area contributed by atoms with Crippen LogP contribution >= 0.6 is 0 Å². The van der Waals surface area contributed by atoms with Crippen molar-refractivity contribution in [2.45, 2.75) is 26.3 Å². The minimum Gasteiger partial charge on any atom is -0.379 e. The minimum atomic E-state index is 0.251. The number of aromatic nitrogens is 5.